The molecule has 0 bridgehead atoms. The Morgan fingerprint density at radius 2 is 2.00 bits per heavy atom. The van der Waals surface area contributed by atoms with Crippen molar-refractivity contribution in [3.63, 3.8) is 0 Å². The fourth-order valence-corrected chi connectivity index (χ4v) is 3.31. The predicted molar refractivity (Wildman–Crippen MR) is 86.7 cm³/mol. The van der Waals surface area contributed by atoms with E-state index in [1.807, 2.05) is 30.3 Å². The Morgan fingerprint density at radius 3 is 2.67 bits per heavy atom. The van der Waals surface area contributed by atoms with Gasteiger partial charge in [-0.1, -0.05) is 44.2 Å². The molecule has 1 saturated carbocycles. The Morgan fingerprint density at radius 1 is 1.29 bits per heavy atom. The Hall–Kier alpha value is -1.35. The zero-order valence-corrected chi connectivity index (χ0v) is 13.2. The highest BCUT2D eigenvalue weighted by Gasteiger charge is 2.26. The molecule has 1 aromatic rings. The highest BCUT2D eigenvalue weighted by Crippen LogP contribution is 2.28. The van der Waals surface area contributed by atoms with Crippen LogP contribution in [0.15, 0.2) is 30.3 Å². The lowest BCUT2D eigenvalue weighted by atomic mass is 9.80. The highest BCUT2D eigenvalue weighted by atomic mass is 16.1. The first-order chi connectivity index (χ1) is 10.1. The third-order valence-electron chi connectivity index (χ3n) is 4.69. The van der Waals surface area contributed by atoms with Gasteiger partial charge < -0.3 is 11.1 Å². The lowest BCUT2D eigenvalue weighted by Crippen LogP contribution is -2.42. The van der Waals surface area contributed by atoms with Gasteiger partial charge in [-0.15, -0.1) is 0 Å². The SMILES string of the molecule is CC1CCC(NC(=O)CCC(N)c2ccccc2)C(C)C1. The van der Waals surface area contributed by atoms with Crippen molar-refractivity contribution in [1.29, 1.82) is 0 Å². The molecule has 2 rings (SSSR count). The first-order valence-corrected chi connectivity index (χ1v) is 8.16. The molecule has 1 amide bonds. The van der Waals surface area contributed by atoms with Gasteiger partial charge in [0.2, 0.25) is 5.91 Å². The maximum absolute atomic E-state index is 12.1. The molecule has 1 fully saturated rings. The lowest BCUT2D eigenvalue weighted by Gasteiger charge is -2.33. The van der Waals surface area contributed by atoms with Crippen LogP contribution in [-0.4, -0.2) is 11.9 Å². The number of nitrogens with two attached hydrogens (primary N) is 1. The second-order valence-electron chi connectivity index (χ2n) is 6.63. The van der Waals surface area contributed by atoms with Gasteiger partial charge in [0, 0.05) is 18.5 Å². The number of carbonyl (C=O) groups is 1. The topological polar surface area (TPSA) is 55.1 Å². The van der Waals surface area contributed by atoms with Gasteiger partial charge in [-0.25, -0.2) is 0 Å². The maximum atomic E-state index is 12.1. The molecule has 4 atom stereocenters. The molecule has 0 heterocycles. The molecule has 0 spiro atoms. The Labute approximate surface area is 128 Å². The van der Waals surface area contributed by atoms with Gasteiger partial charge in [0.05, 0.1) is 0 Å². The van der Waals surface area contributed by atoms with E-state index in [1.54, 1.807) is 0 Å². The van der Waals surface area contributed by atoms with Crippen LogP contribution in [0.2, 0.25) is 0 Å². The molecule has 0 radical (unpaired) electrons. The first-order valence-electron chi connectivity index (χ1n) is 8.16. The molecule has 3 nitrogen and oxygen atoms in total. The van der Waals surface area contributed by atoms with Crippen molar-refractivity contribution in [1.82, 2.24) is 5.32 Å². The number of nitrogens with one attached hydrogen (secondary N) is 1. The average Bonchev–Trinajstić information content (AvgIpc) is 2.48. The van der Waals surface area contributed by atoms with E-state index in [9.17, 15) is 4.79 Å². The molecule has 0 saturated heterocycles. The van der Waals surface area contributed by atoms with Crippen LogP contribution in [-0.2, 0) is 4.79 Å². The van der Waals surface area contributed by atoms with Gasteiger partial charge in [0.1, 0.15) is 0 Å². The fourth-order valence-electron chi connectivity index (χ4n) is 3.31. The van der Waals surface area contributed by atoms with Crippen molar-refractivity contribution in [2.45, 2.75) is 58.0 Å². The molecule has 4 unspecified atom stereocenters. The Balaban J connectivity index is 1.75. The van der Waals surface area contributed by atoms with Crippen molar-refractivity contribution in [2.24, 2.45) is 17.6 Å². The summed E-state index contributed by atoms with van der Waals surface area (Å²) in [5.41, 5.74) is 7.24. The predicted octanol–water partition coefficient (Wildman–Crippen LogP) is 3.41. The van der Waals surface area contributed by atoms with Crippen LogP contribution in [0.1, 0.15) is 57.6 Å². The molecule has 21 heavy (non-hydrogen) atoms. The van der Waals surface area contributed by atoms with E-state index in [0.29, 0.717) is 24.8 Å². The summed E-state index contributed by atoms with van der Waals surface area (Å²) < 4.78 is 0. The monoisotopic (exact) mass is 288 g/mol. The Bertz CT molecular complexity index is 446. The summed E-state index contributed by atoms with van der Waals surface area (Å²) in [4.78, 5) is 12.1. The molecule has 1 aromatic carbocycles. The minimum absolute atomic E-state index is 0.0549. The summed E-state index contributed by atoms with van der Waals surface area (Å²) in [6.45, 7) is 4.55. The van der Waals surface area contributed by atoms with Crippen LogP contribution < -0.4 is 11.1 Å². The van der Waals surface area contributed by atoms with Crippen molar-refractivity contribution in [3.05, 3.63) is 35.9 Å². The number of hydrogen-bond donors (Lipinski definition) is 2. The summed E-state index contributed by atoms with van der Waals surface area (Å²) in [5.74, 6) is 1.52. The van der Waals surface area contributed by atoms with Crippen LogP contribution in [0.4, 0.5) is 0 Å². The highest BCUT2D eigenvalue weighted by molar-refractivity contribution is 5.76. The van der Waals surface area contributed by atoms with Gasteiger partial charge in [-0.05, 0) is 43.1 Å². The third kappa shape index (κ3) is 4.85. The van der Waals surface area contributed by atoms with E-state index in [0.717, 1.165) is 17.9 Å². The molecule has 1 aliphatic carbocycles. The zero-order valence-electron chi connectivity index (χ0n) is 13.2. The van der Waals surface area contributed by atoms with Crippen molar-refractivity contribution < 1.29 is 4.79 Å². The van der Waals surface area contributed by atoms with E-state index >= 15 is 0 Å². The van der Waals surface area contributed by atoms with E-state index in [-0.39, 0.29) is 11.9 Å². The van der Waals surface area contributed by atoms with Gasteiger partial charge in [0.15, 0.2) is 0 Å². The quantitative estimate of drug-likeness (QED) is 0.872. The van der Waals surface area contributed by atoms with Crippen molar-refractivity contribution in [3.8, 4) is 0 Å². The number of rotatable bonds is 5. The van der Waals surface area contributed by atoms with Crippen molar-refractivity contribution >= 4 is 5.91 Å². The van der Waals surface area contributed by atoms with Gasteiger partial charge in [-0.3, -0.25) is 4.79 Å². The summed E-state index contributed by atoms with van der Waals surface area (Å²) in [5, 5.41) is 3.20. The molecule has 1 aliphatic rings. The van der Waals surface area contributed by atoms with Crippen LogP contribution in [0, 0.1) is 11.8 Å². The smallest absolute Gasteiger partial charge is 0.220 e. The summed E-state index contributed by atoms with van der Waals surface area (Å²) in [6, 6.07) is 10.3. The van der Waals surface area contributed by atoms with E-state index in [1.165, 1.54) is 12.8 Å². The summed E-state index contributed by atoms with van der Waals surface area (Å²) in [7, 11) is 0. The molecule has 3 N–H and O–H groups in total. The van der Waals surface area contributed by atoms with Crippen LogP contribution >= 0.6 is 0 Å². The number of carbonyl (C=O) groups excluding carboxylic acids is 1. The second kappa shape index (κ2) is 7.60. The Kier molecular flexibility index (Phi) is 5.80. The number of amides is 1. The molecular weight excluding hydrogens is 260 g/mol. The zero-order chi connectivity index (χ0) is 15.2. The molecule has 0 aromatic heterocycles. The van der Waals surface area contributed by atoms with Gasteiger partial charge in [-0.2, -0.15) is 0 Å². The summed E-state index contributed by atoms with van der Waals surface area (Å²) in [6.07, 6.45) is 4.76. The third-order valence-corrected chi connectivity index (χ3v) is 4.69. The number of hydrogen-bond acceptors (Lipinski definition) is 2. The van der Waals surface area contributed by atoms with Crippen LogP contribution in [0.5, 0.6) is 0 Å². The maximum Gasteiger partial charge on any atom is 0.220 e. The van der Waals surface area contributed by atoms with Gasteiger partial charge in [0.25, 0.3) is 0 Å². The van der Waals surface area contributed by atoms with E-state index in [2.05, 4.69) is 19.2 Å². The molecule has 116 valence electrons. The summed E-state index contributed by atoms with van der Waals surface area (Å²) >= 11 is 0. The minimum atomic E-state index is -0.0549. The van der Waals surface area contributed by atoms with E-state index < -0.39 is 0 Å². The van der Waals surface area contributed by atoms with Crippen LogP contribution in [0.25, 0.3) is 0 Å². The molecular formula is C18H28N2O. The lowest BCUT2D eigenvalue weighted by molar-refractivity contribution is -0.122. The van der Waals surface area contributed by atoms with Crippen molar-refractivity contribution in [2.75, 3.05) is 0 Å². The second-order valence-corrected chi connectivity index (χ2v) is 6.63. The molecule has 0 aliphatic heterocycles. The first kappa shape index (κ1) is 16.0. The largest absolute Gasteiger partial charge is 0.353 e. The number of benzene rings is 1. The standard InChI is InChI=1S/C18H28N2O/c1-13-8-10-17(14(2)12-13)20-18(21)11-9-16(19)15-6-4-3-5-7-15/h3-7,13-14,16-17H,8-12,19H2,1-2H3,(H,20,21). The fraction of sp³-hybridized carbons (Fsp3) is 0.611. The van der Waals surface area contributed by atoms with Gasteiger partial charge >= 0.3 is 0 Å². The normalized spacial score (nSPS) is 27.1. The molecule has 3 heteroatoms. The van der Waals surface area contributed by atoms with E-state index in [4.69, 9.17) is 5.73 Å². The minimum Gasteiger partial charge on any atom is -0.353 e. The van der Waals surface area contributed by atoms with Crippen LogP contribution in [0.3, 0.4) is 0 Å². The average molecular weight is 288 g/mol.